The van der Waals surface area contributed by atoms with E-state index in [1.165, 1.54) is 45.6 Å². The van der Waals surface area contributed by atoms with Crippen molar-refractivity contribution in [3.63, 3.8) is 0 Å². The molecule has 1 unspecified atom stereocenters. The average Bonchev–Trinajstić information content (AvgIpc) is 2.56. The van der Waals surface area contributed by atoms with E-state index in [1.807, 2.05) is 0 Å². The molecule has 0 radical (unpaired) electrons. The van der Waals surface area contributed by atoms with Crippen LogP contribution in [0, 0.1) is 0 Å². The third-order valence-electron chi connectivity index (χ3n) is 3.76. The van der Waals surface area contributed by atoms with Gasteiger partial charge in [-0.3, -0.25) is 4.79 Å². The molecule has 138 valence electrons. The summed E-state index contributed by atoms with van der Waals surface area (Å²) in [5.41, 5.74) is 0. The SMILES string of the molecule is CCCCCCCCCC(=O)NCCCCCCOP(O)OC. The monoisotopic (exact) mass is 349 g/mol. The fourth-order valence-corrected chi connectivity index (χ4v) is 2.73. The minimum atomic E-state index is -1.68. The lowest BCUT2D eigenvalue weighted by atomic mass is 10.1. The molecule has 0 aliphatic rings. The predicted molar refractivity (Wildman–Crippen MR) is 96.2 cm³/mol. The molecule has 0 bridgehead atoms. The molecular weight excluding hydrogens is 313 g/mol. The van der Waals surface area contributed by atoms with Crippen LogP contribution in [0.15, 0.2) is 0 Å². The summed E-state index contributed by atoms with van der Waals surface area (Å²) in [5, 5.41) is 2.99. The molecule has 23 heavy (non-hydrogen) atoms. The Kier molecular flexibility index (Phi) is 18.0. The minimum Gasteiger partial charge on any atom is -0.356 e. The molecule has 0 fully saturated rings. The van der Waals surface area contributed by atoms with Crippen LogP contribution in [-0.2, 0) is 13.8 Å². The molecule has 1 amide bonds. The Bertz CT molecular complexity index is 267. The highest BCUT2D eigenvalue weighted by Gasteiger charge is 2.02. The van der Waals surface area contributed by atoms with Gasteiger partial charge in [0.1, 0.15) is 0 Å². The summed E-state index contributed by atoms with van der Waals surface area (Å²) in [5.74, 6) is 0.188. The van der Waals surface area contributed by atoms with Crippen LogP contribution in [0.2, 0.25) is 0 Å². The van der Waals surface area contributed by atoms with Gasteiger partial charge in [-0.2, -0.15) is 0 Å². The van der Waals surface area contributed by atoms with Crippen molar-refractivity contribution in [1.29, 1.82) is 0 Å². The minimum absolute atomic E-state index is 0.188. The number of carbonyl (C=O) groups is 1. The molecule has 0 rings (SSSR count). The number of rotatable bonds is 17. The van der Waals surface area contributed by atoms with Crippen LogP contribution in [0.4, 0.5) is 0 Å². The summed E-state index contributed by atoms with van der Waals surface area (Å²) >= 11 is 0. The first kappa shape index (κ1) is 22.8. The molecular formula is C17H36NO4P. The third kappa shape index (κ3) is 18.0. The Morgan fingerprint density at radius 3 is 2.26 bits per heavy atom. The zero-order valence-electron chi connectivity index (χ0n) is 15.0. The molecule has 0 spiro atoms. The normalized spacial score (nSPS) is 12.3. The van der Waals surface area contributed by atoms with Gasteiger partial charge in [-0.1, -0.05) is 58.3 Å². The molecule has 0 saturated heterocycles. The van der Waals surface area contributed by atoms with Crippen LogP contribution in [0.3, 0.4) is 0 Å². The third-order valence-corrected chi connectivity index (χ3v) is 4.47. The first-order chi connectivity index (χ1) is 11.2. The number of hydrogen-bond donors (Lipinski definition) is 2. The van der Waals surface area contributed by atoms with Gasteiger partial charge < -0.3 is 19.3 Å². The predicted octanol–water partition coefficient (Wildman–Crippen LogP) is 4.69. The van der Waals surface area contributed by atoms with E-state index in [1.54, 1.807) is 0 Å². The Morgan fingerprint density at radius 1 is 0.957 bits per heavy atom. The topological polar surface area (TPSA) is 67.8 Å². The molecule has 0 saturated carbocycles. The Hall–Kier alpha value is -0.220. The van der Waals surface area contributed by atoms with E-state index in [0.29, 0.717) is 13.0 Å². The molecule has 2 N–H and O–H groups in total. The van der Waals surface area contributed by atoms with Crippen molar-refractivity contribution >= 4 is 14.5 Å². The lowest BCUT2D eigenvalue weighted by Gasteiger charge is -2.07. The molecule has 0 aliphatic carbocycles. The number of amides is 1. The van der Waals surface area contributed by atoms with Crippen molar-refractivity contribution in [1.82, 2.24) is 5.32 Å². The number of carbonyl (C=O) groups excluding carboxylic acids is 1. The van der Waals surface area contributed by atoms with Crippen LogP contribution < -0.4 is 5.32 Å². The molecule has 0 aromatic rings. The summed E-state index contributed by atoms with van der Waals surface area (Å²) < 4.78 is 9.69. The second-order valence-electron chi connectivity index (χ2n) is 5.89. The largest absolute Gasteiger partial charge is 0.356 e. The molecule has 1 atom stereocenters. The van der Waals surface area contributed by atoms with Gasteiger partial charge in [0.2, 0.25) is 5.91 Å². The zero-order chi connectivity index (χ0) is 17.2. The van der Waals surface area contributed by atoms with Gasteiger partial charge in [0, 0.05) is 20.1 Å². The first-order valence-electron chi connectivity index (χ1n) is 9.13. The molecule has 0 aromatic heterocycles. The van der Waals surface area contributed by atoms with E-state index in [0.717, 1.165) is 38.6 Å². The van der Waals surface area contributed by atoms with Crippen LogP contribution in [0.5, 0.6) is 0 Å². The molecule has 5 nitrogen and oxygen atoms in total. The standard InChI is InChI=1S/C17H36NO4P/c1-3-4-5-6-7-8-11-14-17(19)18-15-12-9-10-13-16-22-23(20)21-2/h20H,3-16H2,1-2H3,(H,18,19). The highest BCUT2D eigenvalue weighted by molar-refractivity contribution is 7.40. The summed E-state index contributed by atoms with van der Waals surface area (Å²) in [7, 11) is -0.253. The summed E-state index contributed by atoms with van der Waals surface area (Å²) in [4.78, 5) is 20.7. The average molecular weight is 349 g/mol. The van der Waals surface area contributed by atoms with Gasteiger partial charge in [0.15, 0.2) is 0 Å². The Balaban J connectivity index is 3.18. The van der Waals surface area contributed by atoms with E-state index < -0.39 is 8.60 Å². The fraction of sp³-hybridized carbons (Fsp3) is 0.941. The number of unbranched alkanes of at least 4 members (excludes halogenated alkanes) is 9. The maximum Gasteiger partial charge on any atom is 0.329 e. The number of hydrogen-bond acceptors (Lipinski definition) is 4. The second-order valence-corrected chi connectivity index (χ2v) is 6.99. The fourth-order valence-electron chi connectivity index (χ4n) is 2.33. The smallest absolute Gasteiger partial charge is 0.329 e. The molecule has 6 heteroatoms. The summed E-state index contributed by atoms with van der Waals surface area (Å²) in [6, 6.07) is 0. The van der Waals surface area contributed by atoms with Crippen molar-refractivity contribution in [2.45, 2.75) is 84.0 Å². The Labute approximate surface area is 143 Å². The maximum absolute atomic E-state index is 11.7. The highest BCUT2D eigenvalue weighted by atomic mass is 31.2. The van der Waals surface area contributed by atoms with E-state index in [-0.39, 0.29) is 5.91 Å². The van der Waals surface area contributed by atoms with Gasteiger partial charge in [-0.05, 0) is 19.3 Å². The van der Waals surface area contributed by atoms with Gasteiger partial charge in [0.05, 0.1) is 6.61 Å². The molecule has 0 heterocycles. The van der Waals surface area contributed by atoms with Gasteiger partial charge in [-0.15, -0.1) is 0 Å². The highest BCUT2D eigenvalue weighted by Crippen LogP contribution is 2.31. The number of nitrogens with one attached hydrogen (secondary N) is 1. The van der Waals surface area contributed by atoms with Crippen molar-refractivity contribution in [3.05, 3.63) is 0 Å². The van der Waals surface area contributed by atoms with Gasteiger partial charge in [-0.25, -0.2) is 0 Å². The molecule has 0 aliphatic heterocycles. The van der Waals surface area contributed by atoms with E-state index in [4.69, 9.17) is 9.42 Å². The zero-order valence-corrected chi connectivity index (χ0v) is 15.9. The van der Waals surface area contributed by atoms with Crippen LogP contribution in [0.1, 0.15) is 84.0 Å². The van der Waals surface area contributed by atoms with Crippen molar-refractivity contribution in [2.24, 2.45) is 0 Å². The van der Waals surface area contributed by atoms with Crippen molar-refractivity contribution in [2.75, 3.05) is 20.3 Å². The second kappa shape index (κ2) is 18.1. The Morgan fingerprint density at radius 2 is 1.57 bits per heavy atom. The van der Waals surface area contributed by atoms with Crippen molar-refractivity contribution in [3.8, 4) is 0 Å². The van der Waals surface area contributed by atoms with Crippen molar-refractivity contribution < 1.29 is 18.7 Å². The van der Waals surface area contributed by atoms with Gasteiger partial charge in [0.25, 0.3) is 0 Å². The maximum atomic E-state index is 11.7. The lowest BCUT2D eigenvalue weighted by Crippen LogP contribution is -2.23. The van der Waals surface area contributed by atoms with E-state index in [9.17, 15) is 4.79 Å². The first-order valence-corrected chi connectivity index (χ1v) is 10.3. The van der Waals surface area contributed by atoms with Crippen LogP contribution >= 0.6 is 8.60 Å². The van der Waals surface area contributed by atoms with E-state index >= 15 is 0 Å². The summed E-state index contributed by atoms with van der Waals surface area (Å²) in [6.45, 7) is 3.52. The van der Waals surface area contributed by atoms with Crippen LogP contribution in [-0.4, -0.2) is 31.1 Å². The van der Waals surface area contributed by atoms with Crippen LogP contribution in [0.25, 0.3) is 0 Å². The lowest BCUT2D eigenvalue weighted by molar-refractivity contribution is -0.121. The van der Waals surface area contributed by atoms with Gasteiger partial charge >= 0.3 is 8.60 Å². The summed E-state index contributed by atoms with van der Waals surface area (Å²) in [6.07, 6.45) is 13.4. The molecule has 0 aromatic carbocycles. The quantitative estimate of drug-likeness (QED) is 0.295. The van der Waals surface area contributed by atoms with E-state index in [2.05, 4.69) is 16.8 Å².